The first-order chi connectivity index (χ1) is 24.0. The Morgan fingerprint density at radius 2 is 0.980 bits per heavy atom. The zero-order valence-electron chi connectivity index (χ0n) is 32.6. The fourth-order valence-electron chi connectivity index (χ4n) is 6.44. The third-order valence-electron chi connectivity index (χ3n) is 9.68. The van der Waals surface area contributed by atoms with Crippen molar-refractivity contribution in [1.82, 2.24) is 5.32 Å². The van der Waals surface area contributed by atoms with Gasteiger partial charge in [-0.05, 0) is 44.9 Å². The third kappa shape index (κ3) is 36.2. The molecule has 3 atom stereocenters. The molecule has 0 aliphatic heterocycles. The highest BCUT2D eigenvalue weighted by molar-refractivity contribution is 5.76. The SMILES string of the molecule is CC/C=C\C/C=C\CCCCCCCCCCCCCCC(O)CC(=O)NC(CO)C(O)/C=C/CCCCCCCCCCCCCCC. The molecule has 0 aliphatic rings. The average molecular weight is 690 g/mol. The van der Waals surface area contributed by atoms with Gasteiger partial charge in [-0.15, -0.1) is 0 Å². The molecule has 288 valence electrons. The molecule has 3 unspecified atom stereocenters. The largest absolute Gasteiger partial charge is 0.394 e. The topological polar surface area (TPSA) is 89.8 Å². The Morgan fingerprint density at radius 3 is 1.45 bits per heavy atom. The zero-order valence-corrected chi connectivity index (χ0v) is 32.6. The number of hydrogen-bond acceptors (Lipinski definition) is 4. The second-order valence-electron chi connectivity index (χ2n) is 14.6. The lowest BCUT2D eigenvalue weighted by Crippen LogP contribution is -2.45. The molecule has 0 aromatic rings. The standard InChI is InChI=1S/C44H83NO4/c1-3-5-7-9-11-13-15-17-19-20-21-22-24-25-27-29-31-33-35-37-41(47)39-44(49)45-42(40-46)43(48)38-36-34-32-30-28-26-23-18-16-14-12-10-8-6-4-2/h5,7,11,13,36,38,41-43,46-48H,3-4,6,8-10,12,14-35,37,39-40H2,1-2H3,(H,45,49)/b7-5-,13-11-,38-36+. The molecule has 49 heavy (non-hydrogen) atoms. The fraction of sp³-hybridized carbons (Fsp3) is 0.841. The molecule has 0 aromatic heterocycles. The van der Waals surface area contributed by atoms with Gasteiger partial charge < -0.3 is 20.6 Å². The Kier molecular flexibility index (Phi) is 38.2. The number of nitrogens with one attached hydrogen (secondary N) is 1. The predicted octanol–water partition coefficient (Wildman–Crippen LogP) is 12.0. The van der Waals surface area contributed by atoms with Gasteiger partial charge in [0.1, 0.15) is 0 Å². The summed E-state index contributed by atoms with van der Waals surface area (Å²) in [7, 11) is 0. The van der Waals surface area contributed by atoms with Gasteiger partial charge in [-0.2, -0.15) is 0 Å². The number of aliphatic hydroxyl groups excluding tert-OH is 3. The van der Waals surface area contributed by atoms with E-state index < -0.39 is 18.2 Å². The van der Waals surface area contributed by atoms with E-state index in [0.717, 1.165) is 38.5 Å². The molecule has 0 heterocycles. The van der Waals surface area contributed by atoms with Crippen LogP contribution in [0.15, 0.2) is 36.5 Å². The first kappa shape index (κ1) is 47.6. The minimum absolute atomic E-state index is 0.0131. The van der Waals surface area contributed by atoms with Crippen LogP contribution in [0.3, 0.4) is 0 Å². The summed E-state index contributed by atoms with van der Waals surface area (Å²) in [5.41, 5.74) is 0. The van der Waals surface area contributed by atoms with Gasteiger partial charge >= 0.3 is 0 Å². The predicted molar refractivity (Wildman–Crippen MR) is 213 cm³/mol. The van der Waals surface area contributed by atoms with Crippen molar-refractivity contribution in [1.29, 1.82) is 0 Å². The minimum Gasteiger partial charge on any atom is -0.394 e. The monoisotopic (exact) mass is 690 g/mol. The van der Waals surface area contributed by atoms with Crippen molar-refractivity contribution in [3.05, 3.63) is 36.5 Å². The van der Waals surface area contributed by atoms with E-state index in [4.69, 9.17) is 0 Å². The Labute approximate surface area is 304 Å². The zero-order chi connectivity index (χ0) is 35.9. The number of allylic oxidation sites excluding steroid dienone is 5. The van der Waals surface area contributed by atoms with E-state index in [1.54, 1.807) is 6.08 Å². The van der Waals surface area contributed by atoms with Crippen molar-refractivity contribution in [2.75, 3.05) is 6.61 Å². The van der Waals surface area contributed by atoms with Gasteiger partial charge in [-0.1, -0.05) is 198 Å². The van der Waals surface area contributed by atoms with Gasteiger partial charge in [-0.25, -0.2) is 0 Å². The van der Waals surface area contributed by atoms with Gasteiger partial charge in [0.05, 0.1) is 31.3 Å². The molecule has 5 heteroatoms. The summed E-state index contributed by atoms with van der Waals surface area (Å²) in [5, 5.41) is 33.2. The number of rotatable bonds is 38. The van der Waals surface area contributed by atoms with Gasteiger partial charge in [0.2, 0.25) is 5.91 Å². The second-order valence-corrected chi connectivity index (χ2v) is 14.6. The Bertz CT molecular complexity index is 764. The molecule has 0 fully saturated rings. The van der Waals surface area contributed by atoms with Crippen LogP contribution in [-0.2, 0) is 4.79 Å². The van der Waals surface area contributed by atoms with Gasteiger partial charge in [-0.3, -0.25) is 4.79 Å². The van der Waals surface area contributed by atoms with E-state index in [0.29, 0.717) is 6.42 Å². The Hall–Kier alpha value is -1.43. The molecule has 0 rings (SSSR count). The molecular formula is C44H83NO4. The molecule has 0 aromatic carbocycles. The minimum atomic E-state index is -0.927. The lowest BCUT2D eigenvalue weighted by Gasteiger charge is -2.21. The van der Waals surface area contributed by atoms with Crippen molar-refractivity contribution in [2.24, 2.45) is 0 Å². The van der Waals surface area contributed by atoms with Crippen molar-refractivity contribution in [3.8, 4) is 0 Å². The fourth-order valence-corrected chi connectivity index (χ4v) is 6.44. The number of aliphatic hydroxyl groups is 3. The van der Waals surface area contributed by atoms with E-state index in [1.165, 1.54) is 148 Å². The van der Waals surface area contributed by atoms with Gasteiger partial charge in [0, 0.05) is 0 Å². The molecule has 0 bridgehead atoms. The van der Waals surface area contributed by atoms with Gasteiger partial charge in [0.25, 0.3) is 0 Å². The summed E-state index contributed by atoms with van der Waals surface area (Å²) in [5.74, 6) is -0.317. The van der Waals surface area contributed by atoms with Crippen molar-refractivity contribution in [2.45, 2.75) is 231 Å². The summed E-state index contributed by atoms with van der Waals surface area (Å²) in [6.45, 7) is 4.11. The highest BCUT2D eigenvalue weighted by Gasteiger charge is 2.20. The normalized spacial score (nSPS) is 14.0. The summed E-state index contributed by atoms with van der Waals surface area (Å²) in [6.07, 6.45) is 48.5. The van der Waals surface area contributed by atoms with Crippen LogP contribution in [0.5, 0.6) is 0 Å². The van der Waals surface area contributed by atoms with E-state index >= 15 is 0 Å². The maximum Gasteiger partial charge on any atom is 0.222 e. The molecule has 0 saturated heterocycles. The van der Waals surface area contributed by atoms with Gasteiger partial charge in [0.15, 0.2) is 0 Å². The number of hydrogen-bond donors (Lipinski definition) is 4. The van der Waals surface area contributed by atoms with Crippen LogP contribution in [0.25, 0.3) is 0 Å². The number of unbranched alkanes of at least 4 members (excludes halogenated alkanes) is 25. The van der Waals surface area contributed by atoms with Crippen LogP contribution in [0.2, 0.25) is 0 Å². The highest BCUT2D eigenvalue weighted by atomic mass is 16.3. The average Bonchev–Trinajstić information content (AvgIpc) is 3.09. The summed E-state index contributed by atoms with van der Waals surface area (Å²) in [6, 6.07) is -0.743. The Balaban J connectivity index is 3.66. The van der Waals surface area contributed by atoms with E-state index in [2.05, 4.69) is 43.5 Å². The maximum absolute atomic E-state index is 12.4. The van der Waals surface area contributed by atoms with Crippen molar-refractivity contribution in [3.63, 3.8) is 0 Å². The van der Waals surface area contributed by atoms with Crippen LogP contribution >= 0.6 is 0 Å². The molecule has 0 aliphatic carbocycles. The smallest absolute Gasteiger partial charge is 0.222 e. The van der Waals surface area contributed by atoms with Crippen LogP contribution < -0.4 is 5.32 Å². The summed E-state index contributed by atoms with van der Waals surface area (Å²) in [4.78, 5) is 12.4. The van der Waals surface area contributed by atoms with Crippen molar-refractivity contribution < 1.29 is 20.1 Å². The molecule has 4 N–H and O–H groups in total. The van der Waals surface area contributed by atoms with Crippen LogP contribution in [0.1, 0.15) is 213 Å². The summed E-state index contributed by atoms with van der Waals surface area (Å²) >= 11 is 0. The van der Waals surface area contributed by atoms with E-state index in [1.807, 2.05) is 6.08 Å². The first-order valence-electron chi connectivity index (χ1n) is 21.3. The number of carbonyl (C=O) groups excluding carboxylic acids is 1. The molecule has 0 spiro atoms. The maximum atomic E-state index is 12.4. The highest BCUT2D eigenvalue weighted by Crippen LogP contribution is 2.15. The van der Waals surface area contributed by atoms with E-state index in [-0.39, 0.29) is 18.9 Å². The molecule has 0 saturated carbocycles. The second kappa shape index (κ2) is 39.4. The van der Waals surface area contributed by atoms with Crippen molar-refractivity contribution >= 4 is 5.91 Å². The summed E-state index contributed by atoms with van der Waals surface area (Å²) < 4.78 is 0. The molecule has 5 nitrogen and oxygen atoms in total. The first-order valence-corrected chi connectivity index (χ1v) is 21.3. The number of carbonyl (C=O) groups is 1. The lowest BCUT2D eigenvalue weighted by atomic mass is 10.0. The lowest BCUT2D eigenvalue weighted by molar-refractivity contribution is -0.124. The van der Waals surface area contributed by atoms with E-state index in [9.17, 15) is 20.1 Å². The van der Waals surface area contributed by atoms with Crippen LogP contribution in [0, 0.1) is 0 Å². The molecule has 0 radical (unpaired) electrons. The number of amides is 1. The molecular weight excluding hydrogens is 606 g/mol. The van der Waals surface area contributed by atoms with Crippen LogP contribution in [0.4, 0.5) is 0 Å². The third-order valence-corrected chi connectivity index (χ3v) is 9.68. The molecule has 1 amide bonds. The quantitative estimate of drug-likeness (QED) is 0.0384. The van der Waals surface area contributed by atoms with Crippen LogP contribution in [-0.4, -0.2) is 46.1 Å². The Morgan fingerprint density at radius 1 is 0.551 bits per heavy atom.